The van der Waals surface area contributed by atoms with Gasteiger partial charge in [0.1, 0.15) is 18.5 Å². The van der Waals surface area contributed by atoms with Gasteiger partial charge in [-0.15, -0.1) is 0 Å². The first-order valence-electron chi connectivity index (χ1n) is 8.83. The van der Waals surface area contributed by atoms with Crippen LogP contribution in [0.15, 0.2) is 54.6 Å². The molecule has 0 aliphatic carbocycles. The van der Waals surface area contributed by atoms with Gasteiger partial charge in [-0.2, -0.15) is 0 Å². The minimum atomic E-state index is -0.525. The second-order valence-corrected chi connectivity index (χ2v) is 6.33. The van der Waals surface area contributed by atoms with Crippen LogP contribution in [0.25, 0.3) is 0 Å². The maximum atomic E-state index is 10.0. The first-order valence-corrected chi connectivity index (χ1v) is 8.83. The first kappa shape index (κ1) is 19.4. The molecule has 2 aromatic carbocycles. The summed E-state index contributed by atoms with van der Waals surface area (Å²) in [7, 11) is 1.71. The summed E-state index contributed by atoms with van der Waals surface area (Å²) in [5.74, 6) is 1.13. The lowest BCUT2D eigenvalue weighted by Gasteiger charge is -2.15. The van der Waals surface area contributed by atoms with Gasteiger partial charge in [0.2, 0.25) is 0 Å². The summed E-state index contributed by atoms with van der Waals surface area (Å²) in [6, 6.07) is 18.3. The zero-order valence-electron chi connectivity index (χ0n) is 15.2. The van der Waals surface area contributed by atoms with E-state index >= 15 is 0 Å². The highest BCUT2D eigenvalue weighted by Gasteiger charge is 2.07. The highest BCUT2D eigenvalue weighted by atomic mass is 16.5. The average Bonchev–Trinajstić information content (AvgIpc) is 2.65. The number of rotatable bonds is 11. The van der Waals surface area contributed by atoms with Crippen molar-refractivity contribution in [2.75, 3.05) is 33.4 Å². The largest absolute Gasteiger partial charge is 0.491 e. The number of aliphatic hydroxyl groups is 1. The van der Waals surface area contributed by atoms with Crippen LogP contribution in [0.3, 0.4) is 0 Å². The van der Waals surface area contributed by atoms with E-state index in [2.05, 4.69) is 24.4 Å². The van der Waals surface area contributed by atoms with Gasteiger partial charge in [0.15, 0.2) is 0 Å². The van der Waals surface area contributed by atoms with Crippen LogP contribution in [0, 0.1) is 0 Å². The van der Waals surface area contributed by atoms with Crippen molar-refractivity contribution in [3.8, 4) is 5.75 Å². The van der Waals surface area contributed by atoms with Crippen LogP contribution in [0.2, 0.25) is 0 Å². The molecule has 2 atom stereocenters. The molecule has 2 rings (SSSR count). The van der Waals surface area contributed by atoms with Crippen molar-refractivity contribution in [3.63, 3.8) is 0 Å². The highest BCUT2D eigenvalue weighted by molar-refractivity contribution is 5.29. The Kier molecular flexibility index (Phi) is 8.46. The smallest absolute Gasteiger partial charge is 0.119 e. The van der Waals surface area contributed by atoms with Gasteiger partial charge >= 0.3 is 0 Å². The summed E-state index contributed by atoms with van der Waals surface area (Å²) in [5.41, 5.74) is 2.51. The Hall–Kier alpha value is -1.88. The van der Waals surface area contributed by atoms with E-state index in [9.17, 15) is 5.11 Å². The number of hydrogen-bond donors (Lipinski definition) is 2. The normalized spacial score (nSPS) is 13.4. The van der Waals surface area contributed by atoms with E-state index < -0.39 is 6.10 Å². The maximum absolute atomic E-state index is 10.0. The fraction of sp³-hybridized carbons (Fsp3) is 0.429. The minimum absolute atomic E-state index is 0.283. The molecule has 0 spiro atoms. The van der Waals surface area contributed by atoms with Crippen molar-refractivity contribution in [2.45, 2.75) is 25.4 Å². The molecule has 0 saturated heterocycles. The van der Waals surface area contributed by atoms with Crippen LogP contribution < -0.4 is 10.1 Å². The SMILES string of the molecule is COCC(C)c1ccc(OCC(O)CNCCc2ccccc2)cc1. The summed E-state index contributed by atoms with van der Waals surface area (Å²) in [6.45, 7) is 4.48. The van der Waals surface area contributed by atoms with Crippen molar-refractivity contribution in [2.24, 2.45) is 0 Å². The second-order valence-electron chi connectivity index (χ2n) is 6.33. The molecule has 4 heteroatoms. The van der Waals surface area contributed by atoms with Gasteiger partial charge in [0.05, 0.1) is 6.61 Å². The maximum Gasteiger partial charge on any atom is 0.119 e. The number of methoxy groups -OCH3 is 1. The summed E-state index contributed by atoms with van der Waals surface area (Å²) in [6.07, 6.45) is 0.429. The predicted octanol–water partition coefficient (Wildman–Crippen LogP) is 3.01. The van der Waals surface area contributed by atoms with Crippen LogP contribution in [-0.4, -0.2) is 44.6 Å². The lowest BCUT2D eigenvalue weighted by molar-refractivity contribution is 0.106. The van der Waals surface area contributed by atoms with E-state index in [0.717, 1.165) is 18.7 Å². The van der Waals surface area contributed by atoms with E-state index in [-0.39, 0.29) is 6.61 Å². The van der Waals surface area contributed by atoms with Gasteiger partial charge in [0.25, 0.3) is 0 Å². The van der Waals surface area contributed by atoms with Crippen LogP contribution >= 0.6 is 0 Å². The van der Waals surface area contributed by atoms with Crippen LogP contribution in [0.4, 0.5) is 0 Å². The van der Waals surface area contributed by atoms with Crippen molar-refractivity contribution in [1.29, 1.82) is 0 Å². The number of benzene rings is 2. The lowest BCUT2D eigenvalue weighted by atomic mass is 10.0. The molecule has 2 aromatic rings. The quantitative estimate of drug-likeness (QED) is 0.616. The fourth-order valence-corrected chi connectivity index (χ4v) is 2.64. The third kappa shape index (κ3) is 7.26. The Labute approximate surface area is 150 Å². The van der Waals surface area contributed by atoms with E-state index in [1.54, 1.807) is 7.11 Å². The summed E-state index contributed by atoms with van der Waals surface area (Å²) >= 11 is 0. The summed E-state index contributed by atoms with van der Waals surface area (Å²) < 4.78 is 10.8. The Balaban J connectivity index is 1.63. The molecule has 0 fully saturated rings. The molecule has 2 unspecified atom stereocenters. The topological polar surface area (TPSA) is 50.7 Å². The minimum Gasteiger partial charge on any atom is -0.491 e. The molecule has 0 heterocycles. The first-order chi connectivity index (χ1) is 12.2. The number of aliphatic hydroxyl groups excluding tert-OH is 1. The Bertz CT molecular complexity index is 586. The van der Waals surface area contributed by atoms with Crippen LogP contribution in [0.5, 0.6) is 5.75 Å². The fourth-order valence-electron chi connectivity index (χ4n) is 2.64. The standard InChI is InChI=1S/C21H29NO3/c1-17(15-24-2)19-8-10-21(11-9-19)25-16-20(23)14-22-13-12-18-6-4-3-5-7-18/h3-11,17,20,22-23H,12-16H2,1-2H3. The molecule has 0 aliphatic rings. The molecular weight excluding hydrogens is 314 g/mol. The Morgan fingerprint density at radius 3 is 2.40 bits per heavy atom. The molecule has 25 heavy (non-hydrogen) atoms. The molecule has 0 aliphatic heterocycles. The Morgan fingerprint density at radius 2 is 1.72 bits per heavy atom. The van der Waals surface area contributed by atoms with Crippen molar-refractivity contribution >= 4 is 0 Å². The van der Waals surface area contributed by atoms with Gasteiger partial charge in [0, 0.05) is 19.6 Å². The summed E-state index contributed by atoms with van der Waals surface area (Å²) in [4.78, 5) is 0. The summed E-state index contributed by atoms with van der Waals surface area (Å²) in [5, 5.41) is 13.3. The molecule has 0 radical (unpaired) electrons. The number of ether oxygens (including phenoxy) is 2. The molecule has 0 amide bonds. The van der Waals surface area contributed by atoms with Gasteiger partial charge in [-0.1, -0.05) is 49.4 Å². The zero-order chi connectivity index (χ0) is 17.9. The van der Waals surface area contributed by atoms with Gasteiger partial charge in [-0.05, 0) is 36.2 Å². The molecule has 136 valence electrons. The second kappa shape index (κ2) is 10.9. The third-order valence-corrected chi connectivity index (χ3v) is 4.12. The number of nitrogens with one attached hydrogen (secondary N) is 1. The van der Waals surface area contributed by atoms with Gasteiger partial charge in [-0.3, -0.25) is 0 Å². The molecule has 2 N–H and O–H groups in total. The van der Waals surface area contributed by atoms with Gasteiger partial charge < -0.3 is 19.9 Å². The molecule has 0 bridgehead atoms. The predicted molar refractivity (Wildman–Crippen MR) is 101 cm³/mol. The zero-order valence-corrected chi connectivity index (χ0v) is 15.2. The van der Waals surface area contributed by atoms with Crippen molar-refractivity contribution in [3.05, 3.63) is 65.7 Å². The Morgan fingerprint density at radius 1 is 1.00 bits per heavy atom. The van der Waals surface area contributed by atoms with E-state index in [4.69, 9.17) is 9.47 Å². The number of hydrogen-bond acceptors (Lipinski definition) is 4. The van der Waals surface area contributed by atoms with E-state index in [1.165, 1.54) is 11.1 Å². The van der Waals surface area contributed by atoms with Crippen LogP contribution in [0.1, 0.15) is 24.0 Å². The molecule has 4 nitrogen and oxygen atoms in total. The van der Waals surface area contributed by atoms with Crippen LogP contribution in [-0.2, 0) is 11.2 Å². The molecule has 0 saturated carbocycles. The highest BCUT2D eigenvalue weighted by Crippen LogP contribution is 2.19. The molecule has 0 aromatic heterocycles. The monoisotopic (exact) mass is 343 g/mol. The van der Waals surface area contributed by atoms with Crippen molar-refractivity contribution in [1.82, 2.24) is 5.32 Å². The van der Waals surface area contributed by atoms with Gasteiger partial charge in [-0.25, -0.2) is 0 Å². The molecular formula is C21H29NO3. The van der Waals surface area contributed by atoms with E-state index in [1.807, 2.05) is 42.5 Å². The third-order valence-electron chi connectivity index (χ3n) is 4.12. The average molecular weight is 343 g/mol. The van der Waals surface area contributed by atoms with Crippen molar-refractivity contribution < 1.29 is 14.6 Å². The lowest BCUT2D eigenvalue weighted by Crippen LogP contribution is -2.32. The van der Waals surface area contributed by atoms with E-state index in [0.29, 0.717) is 19.1 Å².